The van der Waals surface area contributed by atoms with Gasteiger partial charge in [0.15, 0.2) is 0 Å². The lowest BCUT2D eigenvalue weighted by molar-refractivity contribution is 0.594. The van der Waals surface area contributed by atoms with Crippen LogP contribution in [-0.4, -0.2) is 14.5 Å². The van der Waals surface area contributed by atoms with E-state index in [1.807, 2.05) is 48.0 Å². The van der Waals surface area contributed by atoms with Crippen LogP contribution in [0.4, 0.5) is 17.1 Å². The lowest BCUT2D eigenvalue weighted by Gasteiger charge is -2.42. The third-order valence-corrected chi connectivity index (χ3v) is 14.4. The summed E-state index contributed by atoms with van der Waals surface area (Å²) in [5.41, 5.74) is 19.0. The summed E-state index contributed by atoms with van der Waals surface area (Å²) in [6.45, 7) is 9.67. The normalized spacial score (nSPS) is 14.2. The number of hydrogen-bond donors (Lipinski definition) is 0. The van der Waals surface area contributed by atoms with Crippen LogP contribution in [0.5, 0.6) is 0 Å². The van der Waals surface area contributed by atoms with Crippen molar-refractivity contribution in [2.24, 2.45) is 0 Å². The van der Waals surface area contributed by atoms with Crippen LogP contribution >= 0.6 is 11.3 Å². The van der Waals surface area contributed by atoms with Crippen LogP contribution in [0.1, 0.15) is 49.9 Å². The van der Waals surface area contributed by atoms with E-state index in [0.717, 1.165) is 39.6 Å². The molecule has 4 nitrogen and oxygen atoms in total. The minimum absolute atomic E-state index is 0.169. The second-order valence-electron chi connectivity index (χ2n) is 17.5. The fraction of sp³-hybridized carbons (Fsp3) is 0.107. The molecule has 0 saturated carbocycles. The average molecular weight is 803 g/mol. The minimum atomic E-state index is -0.169. The molecule has 0 radical (unpaired) electrons. The highest BCUT2D eigenvalue weighted by molar-refractivity contribution is 7.18. The maximum atomic E-state index is 4.68. The van der Waals surface area contributed by atoms with Gasteiger partial charge in [-0.1, -0.05) is 113 Å². The second kappa shape index (κ2) is 13.2. The maximum Gasteiger partial charge on any atom is 0.0702 e. The number of anilines is 3. The summed E-state index contributed by atoms with van der Waals surface area (Å²) < 4.78 is 2.61. The molecule has 4 aromatic heterocycles. The number of rotatable bonds is 7. The van der Waals surface area contributed by atoms with Gasteiger partial charge in [-0.15, -0.1) is 11.3 Å². The summed E-state index contributed by atoms with van der Waals surface area (Å²) in [5.74, 6) is 0. The first kappa shape index (κ1) is 35.8. The van der Waals surface area contributed by atoms with Crippen LogP contribution in [0.3, 0.4) is 0 Å². The first-order valence-corrected chi connectivity index (χ1v) is 21.9. The summed E-state index contributed by atoms with van der Waals surface area (Å²) in [5, 5.41) is 2.71. The molecule has 0 spiro atoms. The summed E-state index contributed by atoms with van der Waals surface area (Å²) in [6, 6.07) is 61.9. The van der Waals surface area contributed by atoms with Crippen molar-refractivity contribution in [3.63, 3.8) is 0 Å². The van der Waals surface area contributed by atoms with E-state index >= 15 is 0 Å². The molecule has 12 rings (SSSR count). The van der Waals surface area contributed by atoms with E-state index in [4.69, 9.17) is 0 Å². The minimum Gasteiger partial charge on any atom is -0.310 e. The van der Waals surface area contributed by atoms with Gasteiger partial charge in [0.2, 0.25) is 0 Å². The second-order valence-corrected chi connectivity index (χ2v) is 18.6. The van der Waals surface area contributed by atoms with Gasteiger partial charge < -0.3 is 9.47 Å². The van der Waals surface area contributed by atoms with Crippen molar-refractivity contribution in [3.05, 3.63) is 205 Å². The lowest BCUT2D eigenvalue weighted by Crippen LogP contribution is -2.33. The van der Waals surface area contributed by atoms with Crippen molar-refractivity contribution < 1.29 is 0 Å². The van der Waals surface area contributed by atoms with Crippen LogP contribution < -0.4 is 4.90 Å². The number of benzene rings is 6. The molecule has 0 bridgehead atoms. The van der Waals surface area contributed by atoms with Crippen molar-refractivity contribution in [3.8, 4) is 49.1 Å². The molecule has 0 saturated heterocycles. The quantitative estimate of drug-likeness (QED) is 0.161. The Morgan fingerprint density at radius 3 is 1.38 bits per heavy atom. The van der Waals surface area contributed by atoms with Crippen molar-refractivity contribution in [1.29, 1.82) is 0 Å². The molecule has 292 valence electrons. The van der Waals surface area contributed by atoms with Gasteiger partial charge in [-0.3, -0.25) is 9.97 Å². The molecular weight excluding hydrogens is 761 g/mol. The highest BCUT2D eigenvalue weighted by atomic mass is 32.1. The molecule has 6 aromatic carbocycles. The van der Waals surface area contributed by atoms with E-state index in [1.165, 1.54) is 70.6 Å². The third kappa shape index (κ3) is 5.37. The molecule has 0 N–H and O–H groups in total. The van der Waals surface area contributed by atoms with Crippen LogP contribution in [0.2, 0.25) is 0 Å². The van der Waals surface area contributed by atoms with Gasteiger partial charge in [0, 0.05) is 71.9 Å². The Morgan fingerprint density at radius 1 is 0.426 bits per heavy atom. The number of thiophene rings is 1. The van der Waals surface area contributed by atoms with Crippen LogP contribution in [0.25, 0.3) is 70.9 Å². The molecule has 0 fully saturated rings. The Balaban J connectivity index is 0.982. The monoisotopic (exact) mass is 802 g/mol. The van der Waals surface area contributed by atoms with Gasteiger partial charge in [0.1, 0.15) is 0 Å². The Labute approximate surface area is 360 Å². The molecule has 10 aromatic rings. The predicted octanol–water partition coefficient (Wildman–Crippen LogP) is 15.1. The smallest absolute Gasteiger partial charge is 0.0702 e. The zero-order valence-corrected chi connectivity index (χ0v) is 35.3. The van der Waals surface area contributed by atoms with E-state index in [1.54, 1.807) is 0 Å². The van der Waals surface area contributed by atoms with Gasteiger partial charge >= 0.3 is 0 Å². The molecular formula is C56H42N4S. The largest absolute Gasteiger partial charge is 0.310 e. The first-order valence-electron chi connectivity index (χ1n) is 21.1. The van der Waals surface area contributed by atoms with Crippen LogP contribution in [-0.2, 0) is 10.8 Å². The predicted molar refractivity (Wildman–Crippen MR) is 255 cm³/mol. The van der Waals surface area contributed by atoms with E-state index in [9.17, 15) is 0 Å². The molecule has 2 aliphatic heterocycles. The van der Waals surface area contributed by atoms with Gasteiger partial charge in [-0.25, -0.2) is 0 Å². The van der Waals surface area contributed by atoms with Gasteiger partial charge in [0.25, 0.3) is 0 Å². The van der Waals surface area contributed by atoms with Crippen molar-refractivity contribution in [2.45, 2.75) is 38.5 Å². The zero-order valence-electron chi connectivity index (χ0n) is 34.5. The van der Waals surface area contributed by atoms with Crippen molar-refractivity contribution in [1.82, 2.24) is 14.5 Å². The first-order chi connectivity index (χ1) is 29.8. The molecule has 6 heterocycles. The van der Waals surface area contributed by atoms with Gasteiger partial charge in [-0.05, 0) is 118 Å². The highest BCUT2D eigenvalue weighted by Gasteiger charge is 2.43. The summed E-state index contributed by atoms with van der Waals surface area (Å²) >= 11 is 1.87. The van der Waals surface area contributed by atoms with Crippen molar-refractivity contribution in [2.75, 3.05) is 4.90 Å². The highest BCUT2D eigenvalue weighted by Crippen LogP contribution is 2.56. The molecule has 0 aliphatic carbocycles. The molecule has 0 amide bonds. The summed E-state index contributed by atoms with van der Waals surface area (Å²) in [4.78, 5) is 14.2. The van der Waals surface area contributed by atoms with Crippen LogP contribution in [0.15, 0.2) is 182 Å². The number of fused-ring (bicyclic) bond motifs is 1. The summed E-state index contributed by atoms with van der Waals surface area (Å²) in [6.07, 6.45) is 3.70. The maximum absolute atomic E-state index is 4.68. The van der Waals surface area contributed by atoms with E-state index < -0.39 is 0 Å². The van der Waals surface area contributed by atoms with Gasteiger partial charge in [0.05, 0.1) is 28.1 Å². The standard InChI is InChI=1S/C56H42N4S/c1-55(2)44-22-12-20-42-43-21-13-23-45-53(43)60(52(42)44)54-46(55)33-38(34-47(54)56(45,3)4)51-27-26-50(61-51)37-16-11-19-41(32-37)59(39-17-9-14-35(30-39)48-24-5-7-28-57-48)40-18-10-15-36(31-40)49-25-6-8-29-58-49/h5-34H,1-4H3. The zero-order chi connectivity index (χ0) is 41.0. The van der Waals surface area contributed by atoms with E-state index in [2.05, 4.69) is 193 Å². The average Bonchev–Trinajstić information content (AvgIpc) is 3.93. The van der Waals surface area contributed by atoms with E-state index in [0.29, 0.717) is 0 Å². The van der Waals surface area contributed by atoms with Gasteiger partial charge in [-0.2, -0.15) is 0 Å². The molecule has 61 heavy (non-hydrogen) atoms. The Bertz CT molecular complexity index is 3200. The SMILES string of the molecule is CC1(C)c2cc(-c3ccc(-c4cccc(N(c5cccc(-c6ccccn6)c5)c5cccc(-c6ccccn6)c5)c4)s3)cc3c2-n2c4c1cccc4c1cccc(c12)C3(C)C. The van der Waals surface area contributed by atoms with Crippen LogP contribution in [0, 0.1) is 0 Å². The number of hydrogen-bond acceptors (Lipinski definition) is 4. The molecule has 0 unspecified atom stereocenters. The fourth-order valence-electron chi connectivity index (χ4n) is 10.2. The molecule has 0 atom stereocenters. The Kier molecular flexibility index (Phi) is 7.76. The topological polar surface area (TPSA) is 34.0 Å². The number of nitrogens with zero attached hydrogens (tertiary/aromatic N) is 4. The molecule has 5 heteroatoms. The number of para-hydroxylation sites is 2. The van der Waals surface area contributed by atoms with E-state index in [-0.39, 0.29) is 10.8 Å². The Hall–Kier alpha value is -7.08. The summed E-state index contributed by atoms with van der Waals surface area (Å²) in [7, 11) is 0. The third-order valence-electron chi connectivity index (χ3n) is 13.2. The number of pyridine rings is 2. The molecule has 2 aliphatic rings. The fourth-order valence-corrected chi connectivity index (χ4v) is 11.2. The number of aromatic nitrogens is 3. The Morgan fingerprint density at radius 2 is 0.885 bits per heavy atom. The van der Waals surface area contributed by atoms with Crippen molar-refractivity contribution >= 4 is 50.2 Å². The lowest BCUT2D eigenvalue weighted by atomic mass is 9.68.